The molecule has 542 valence electrons. The van der Waals surface area contributed by atoms with E-state index in [0.717, 1.165) is 139 Å². The molecule has 0 N–H and O–H groups in total. The van der Waals surface area contributed by atoms with Crippen LogP contribution in [0, 0.1) is 0 Å². The van der Waals surface area contributed by atoms with E-state index >= 15 is 0 Å². The van der Waals surface area contributed by atoms with Crippen molar-refractivity contribution >= 4 is 121 Å². The van der Waals surface area contributed by atoms with Gasteiger partial charge >= 0.3 is 5.71 Å². The maximum absolute atomic E-state index is 7.98. The highest BCUT2D eigenvalue weighted by molar-refractivity contribution is 7.25. The third-order valence-corrected chi connectivity index (χ3v) is 24.0. The fourth-order valence-corrected chi connectivity index (χ4v) is 19.5. The first-order chi connectivity index (χ1) is 56.9. The third kappa shape index (κ3) is 9.14. The zero-order valence-corrected chi connectivity index (χ0v) is 62.5. The van der Waals surface area contributed by atoms with Crippen molar-refractivity contribution < 1.29 is 31.4 Å². The van der Waals surface area contributed by atoms with E-state index in [2.05, 4.69) is 213 Å². The Hall–Kier alpha value is -14.6. The average Bonchev–Trinajstić information content (AvgIpc) is 1.55. The minimum absolute atomic E-state index is 0.623. The van der Waals surface area contributed by atoms with E-state index in [-0.39, 0.29) is 0 Å². The van der Waals surface area contributed by atoms with E-state index in [1.807, 2.05) is 141 Å². The van der Waals surface area contributed by atoms with Crippen molar-refractivity contribution in [3.8, 4) is 68.3 Å². The molecule has 20 aromatic heterocycles. The molecule has 22 aromatic rings. The first-order valence-corrected chi connectivity index (χ1v) is 38.1. The van der Waals surface area contributed by atoms with E-state index in [1.54, 1.807) is 36.0 Å². The molecule has 25 heteroatoms. The number of thiophene rings is 1. The van der Waals surface area contributed by atoms with E-state index < -0.39 is 6.98 Å². The van der Waals surface area contributed by atoms with Crippen LogP contribution in [0.5, 0.6) is 0 Å². The number of hydrogen-bond donors (Lipinski definition) is 0. The number of para-hydroxylation sites is 2. The normalized spacial score (nSPS) is 13.4. The second-order valence-corrected chi connectivity index (χ2v) is 29.9. The molecular formula is C88H68N23OS+5. The average molecular weight is 1500 g/mol. The minimum atomic E-state index is -2.28. The van der Waals surface area contributed by atoms with E-state index in [9.17, 15) is 0 Å². The highest BCUT2D eigenvalue weighted by Crippen LogP contribution is 2.43. The molecule has 0 bridgehead atoms. The highest BCUT2D eigenvalue weighted by atomic mass is 32.1. The molecule has 25 heterocycles. The molecule has 0 radical (unpaired) electrons. The van der Waals surface area contributed by atoms with Crippen molar-refractivity contribution in [1.29, 1.82) is 0 Å². The maximum atomic E-state index is 7.98. The van der Waals surface area contributed by atoms with Crippen molar-refractivity contribution in [1.82, 2.24) is 86.4 Å². The number of aromatic nitrogens is 23. The van der Waals surface area contributed by atoms with Gasteiger partial charge in [-0.15, -0.1) is 0 Å². The second-order valence-electron chi connectivity index (χ2n) is 28.9. The molecule has 5 aliphatic heterocycles. The zero-order valence-electron chi connectivity index (χ0n) is 64.7. The summed E-state index contributed by atoms with van der Waals surface area (Å²) >= 11 is 1.80. The predicted molar refractivity (Wildman–Crippen MR) is 432 cm³/mol. The Kier molecular flexibility index (Phi) is 13.3. The van der Waals surface area contributed by atoms with Crippen LogP contribution in [0.2, 0.25) is 0 Å². The van der Waals surface area contributed by atoms with Crippen molar-refractivity contribution in [2.45, 2.75) is 32.7 Å². The Balaban J connectivity index is 0.0000000858. The highest BCUT2D eigenvalue weighted by Gasteiger charge is 2.43. The molecule has 2 aromatic carbocycles. The van der Waals surface area contributed by atoms with Gasteiger partial charge in [-0.25, -0.2) is 61.0 Å². The van der Waals surface area contributed by atoms with Gasteiger partial charge in [0, 0.05) is 62.0 Å². The van der Waals surface area contributed by atoms with Crippen LogP contribution in [0.25, 0.3) is 178 Å². The first kappa shape index (κ1) is 61.3. The molecule has 5 aliphatic rings. The Morgan fingerprint density at radius 2 is 0.743 bits per heavy atom. The Labute approximate surface area is 650 Å². The number of furan rings is 1. The van der Waals surface area contributed by atoms with Gasteiger partial charge < -0.3 is 4.42 Å². The molecule has 0 atom stereocenters. The van der Waals surface area contributed by atoms with Gasteiger partial charge in [0.1, 0.15) is 82.7 Å². The number of rotatable bonds is 2. The fraction of sp³-hybridized carbons (Fsp3) is 0.125. The molecule has 0 aliphatic carbocycles. The van der Waals surface area contributed by atoms with Crippen molar-refractivity contribution in [2.24, 2.45) is 42.2 Å². The summed E-state index contributed by atoms with van der Waals surface area (Å²) in [6.45, 7) is 1.52. The Morgan fingerprint density at radius 3 is 1.27 bits per heavy atom. The SMILES string of the molecule is C[n+]1c2n(c3c4ncccc4n(-c4ccccc4)c31)Cc1ncccc1-2.C[n+]1c2n(c3c4ncccc4oc31)Cc1ncccc1-2.Cn1c2cccnc2c2c1[n+](C)c1n2Cc2ncccc2-1.[2H]C([2H])([2H])n1c2cccnc2c2c1[n+](C)c1n2Cc2ncccc2-1.c1ccc(-n2c3[n+](c4c5ncccc5sc42)Cc2ncccc2-3)cc1. The van der Waals surface area contributed by atoms with Crippen molar-refractivity contribution in [2.75, 3.05) is 0 Å². The molecule has 0 saturated heterocycles. The van der Waals surface area contributed by atoms with Gasteiger partial charge in [0.25, 0.3) is 28.6 Å². The standard InChI is InChI=1S/C21H16N5.C20H13N4S.2C16H14N5.C15H11N4O/c1-24-20-15-9-5-11-22-16(15)13-25(20)19-18-17(10-6-12-23-18)26(21(19)24)14-7-3-2-4-8-14;1-2-6-13(7-3-1)24-19-14-8-4-10-21-15(14)12-23(19)18-17-16(25-20(18)24)9-5-11-22-17;2*1-19-12-6-4-8-18-13(12)14-16(19)20(2)15-10-5-3-7-17-11(10)9-21(14)15;1-18-14-9-4-2-6-16-10(9)8-19(14)13-12-11(20-15(13)18)5-3-7-17-12/h2-12H,13H2,1H3;1-11H,12H2;2*3-8H,9H2,1-2H3;2-7H,8H2,1H3/q5*+1/i;;1D3;;. The first-order valence-electron chi connectivity index (χ1n) is 38.8. The smallest absolute Gasteiger partial charge is 0.340 e. The fourth-order valence-electron chi connectivity index (χ4n) is 18.3. The second kappa shape index (κ2) is 24.5. The summed E-state index contributed by atoms with van der Waals surface area (Å²) < 4.78 is 59.4. The van der Waals surface area contributed by atoms with Gasteiger partial charge in [0.15, 0.2) is 11.1 Å². The largest absolute Gasteiger partial charge is 0.417 e. The van der Waals surface area contributed by atoms with Gasteiger partial charge in [-0.05, 0) is 146 Å². The van der Waals surface area contributed by atoms with Crippen LogP contribution < -0.4 is 22.8 Å². The number of hydrogen-bond acceptors (Lipinski definition) is 12. The molecule has 113 heavy (non-hydrogen) atoms. The summed E-state index contributed by atoms with van der Waals surface area (Å²) in [7, 11) is 10.3. The Morgan fingerprint density at radius 1 is 0.354 bits per heavy atom. The van der Waals surface area contributed by atoms with Crippen LogP contribution in [0.15, 0.2) is 248 Å². The van der Waals surface area contributed by atoms with Crippen molar-refractivity contribution in [3.05, 3.63) is 272 Å². The van der Waals surface area contributed by atoms with Gasteiger partial charge in [0.05, 0.1) is 107 Å². The monoisotopic (exact) mass is 1500 g/mol. The summed E-state index contributed by atoms with van der Waals surface area (Å²) in [5.41, 5.74) is 31.5. The number of nitrogens with zero attached hydrogens (tertiary/aromatic N) is 23. The van der Waals surface area contributed by atoms with Gasteiger partial charge in [-0.1, -0.05) is 47.7 Å². The lowest BCUT2D eigenvalue weighted by molar-refractivity contribution is -0.645. The summed E-state index contributed by atoms with van der Waals surface area (Å²) in [5, 5.41) is 0. The number of imidazole rings is 5. The lowest BCUT2D eigenvalue weighted by Crippen LogP contribution is -2.31. The van der Waals surface area contributed by atoms with Crippen LogP contribution in [0.3, 0.4) is 0 Å². The van der Waals surface area contributed by atoms with Crippen molar-refractivity contribution in [3.63, 3.8) is 0 Å². The molecule has 0 spiro atoms. The maximum Gasteiger partial charge on any atom is 0.340 e. The molecule has 24 nitrogen and oxygen atoms in total. The quantitative estimate of drug-likeness (QED) is 0.149. The summed E-state index contributed by atoms with van der Waals surface area (Å²) in [5.74, 6) is 5.70. The number of aryl methyl sites for hydroxylation is 6. The molecular weight excluding hydrogens is 1430 g/mol. The summed E-state index contributed by atoms with van der Waals surface area (Å²) in [6.07, 6.45) is 18.3. The predicted octanol–water partition coefficient (Wildman–Crippen LogP) is 12.8. The summed E-state index contributed by atoms with van der Waals surface area (Å²) in [4.78, 5) is 46.8. The van der Waals surface area contributed by atoms with Crippen LogP contribution >= 0.6 is 11.3 Å². The van der Waals surface area contributed by atoms with Gasteiger partial charge in [0.2, 0.25) is 49.9 Å². The molecule has 0 saturated carbocycles. The van der Waals surface area contributed by atoms with E-state index in [1.165, 1.54) is 81.7 Å². The van der Waals surface area contributed by atoms with E-state index in [0.29, 0.717) is 23.2 Å². The van der Waals surface area contributed by atoms with Crippen LogP contribution in [-0.2, 0) is 74.9 Å². The van der Waals surface area contributed by atoms with Crippen LogP contribution in [0.1, 0.15) is 32.6 Å². The number of fused-ring (bicyclic) bond motifs is 35. The molecule has 0 fully saturated rings. The number of benzene rings is 2. The lowest BCUT2D eigenvalue weighted by Gasteiger charge is -2.03. The Bertz CT molecular complexity index is 7900. The van der Waals surface area contributed by atoms with Crippen LogP contribution in [-0.4, -0.2) is 86.4 Å². The molecule has 0 unspecified atom stereocenters. The van der Waals surface area contributed by atoms with Crippen LogP contribution in [0.4, 0.5) is 0 Å². The zero-order chi connectivity index (χ0) is 77.7. The van der Waals surface area contributed by atoms with E-state index in [4.69, 9.17) is 13.5 Å². The number of pyridine rings is 10. The molecule has 0 amide bonds. The topological polar surface area (TPSA) is 201 Å². The summed E-state index contributed by atoms with van der Waals surface area (Å²) in [6, 6.07) is 61.4. The third-order valence-electron chi connectivity index (χ3n) is 22.9. The van der Waals surface area contributed by atoms with Gasteiger partial charge in [-0.2, -0.15) is 9.13 Å². The minimum Gasteiger partial charge on any atom is -0.417 e. The van der Waals surface area contributed by atoms with Gasteiger partial charge in [-0.3, -0.25) is 39.0 Å². The lowest BCUT2D eigenvalue weighted by atomic mass is 10.2. The molecule has 27 rings (SSSR count).